The summed E-state index contributed by atoms with van der Waals surface area (Å²) in [6.45, 7) is -0.551. The predicted octanol–water partition coefficient (Wildman–Crippen LogP) is 4.15. The Balaban J connectivity index is 1.39. The van der Waals surface area contributed by atoms with Crippen LogP contribution in [0.5, 0.6) is 0 Å². The van der Waals surface area contributed by atoms with Gasteiger partial charge >= 0.3 is 11.0 Å². The number of rotatable bonds is 6. The number of aromatic nitrogens is 1. The first-order valence-corrected chi connectivity index (χ1v) is 16.5. The Morgan fingerprint density at radius 3 is 2.22 bits per heavy atom. The third kappa shape index (κ3) is 5.63. The maximum absolute atomic E-state index is 13.9. The fourth-order valence-corrected chi connectivity index (χ4v) is 8.79. The number of nitrogens with two attached hydrogens (primary N) is 1. The van der Waals surface area contributed by atoms with Crippen molar-refractivity contribution in [3.8, 4) is 0 Å². The van der Waals surface area contributed by atoms with Gasteiger partial charge in [-0.1, -0.05) is 47.4 Å². The van der Waals surface area contributed by atoms with Crippen LogP contribution in [0.2, 0.25) is 0 Å². The molecule has 10 nitrogen and oxygen atoms in total. The van der Waals surface area contributed by atoms with Crippen LogP contribution in [0, 0.1) is 11.7 Å². The van der Waals surface area contributed by atoms with Gasteiger partial charge in [-0.2, -0.15) is 13.2 Å². The molecule has 2 unspecified atom stereocenters. The molecule has 3 N–H and O–H groups in total. The second-order valence-corrected chi connectivity index (χ2v) is 14.0. The number of hydrogen-bond acceptors (Lipinski definition) is 8. The Kier molecular flexibility index (Phi) is 7.90. The number of imide groups is 1. The van der Waals surface area contributed by atoms with E-state index in [9.17, 15) is 45.2 Å². The number of anilines is 2. The van der Waals surface area contributed by atoms with Gasteiger partial charge in [0.15, 0.2) is 0 Å². The highest BCUT2D eigenvalue weighted by atomic mass is 32.2. The molecule has 1 aromatic heterocycles. The molecule has 3 heterocycles. The molecule has 3 aromatic carbocycles. The first kappa shape index (κ1) is 31.7. The summed E-state index contributed by atoms with van der Waals surface area (Å²) in [7, 11) is -3.97. The van der Waals surface area contributed by atoms with Crippen LogP contribution in [0.1, 0.15) is 21.9 Å². The quantitative estimate of drug-likeness (QED) is 0.228. The van der Waals surface area contributed by atoms with E-state index >= 15 is 0 Å². The van der Waals surface area contributed by atoms with Crippen LogP contribution in [-0.4, -0.2) is 36.0 Å². The van der Waals surface area contributed by atoms with Gasteiger partial charge < -0.3 is 5.32 Å². The highest BCUT2D eigenvalue weighted by Gasteiger charge is 2.57. The summed E-state index contributed by atoms with van der Waals surface area (Å²) in [5.74, 6) is -5.39. The van der Waals surface area contributed by atoms with Crippen LogP contribution < -0.4 is 20.2 Å². The largest absolute Gasteiger partial charge is 0.418 e. The van der Waals surface area contributed by atoms with Crippen molar-refractivity contribution >= 4 is 62.2 Å². The number of nitrogens with zero attached hydrogens (tertiary/aromatic N) is 2. The number of nitrogens with one attached hydrogen (secondary N) is 1. The maximum atomic E-state index is 13.9. The Bertz CT molecular complexity index is 2060. The van der Waals surface area contributed by atoms with Crippen molar-refractivity contribution in [1.29, 1.82) is 0 Å². The molecule has 3 amide bonds. The van der Waals surface area contributed by atoms with Gasteiger partial charge in [0.2, 0.25) is 27.7 Å². The van der Waals surface area contributed by atoms with Gasteiger partial charge in [0.05, 0.1) is 27.1 Å². The van der Waals surface area contributed by atoms with Gasteiger partial charge in [-0.3, -0.25) is 23.7 Å². The van der Waals surface area contributed by atoms with Gasteiger partial charge in [0.1, 0.15) is 17.6 Å². The number of para-hydroxylation sites is 1. The molecule has 0 bridgehead atoms. The lowest BCUT2D eigenvalue weighted by molar-refractivity contribution is -0.137. The molecule has 2 aliphatic rings. The topological polar surface area (TPSA) is 149 Å². The molecular weight excluding hydrogens is 673 g/mol. The Morgan fingerprint density at radius 1 is 0.935 bits per heavy atom. The molecular formula is C29H20F4N4O6S3. The van der Waals surface area contributed by atoms with E-state index in [1.54, 1.807) is 0 Å². The van der Waals surface area contributed by atoms with Gasteiger partial charge in [-0.15, -0.1) is 0 Å². The van der Waals surface area contributed by atoms with Crippen molar-refractivity contribution in [2.45, 2.75) is 33.8 Å². The second-order valence-electron chi connectivity index (χ2n) is 10.4. The average molecular weight is 693 g/mol. The van der Waals surface area contributed by atoms with Crippen LogP contribution in [0.3, 0.4) is 0 Å². The highest BCUT2D eigenvalue weighted by molar-refractivity contribution is 8.00. The minimum atomic E-state index is -4.88. The Hall–Kier alpha value is -4.32. The van der Waals surface area contributed by atoms with E-state index in [4.69, 9.17) is 5.14 Å². The maximum Gasteiger partial charge on any atom is 0.418 e. The van der Waals surface area contributed by atoms with Gasteiger partial charge in [-0.05, 0) is 54.1 Å². The fraction of sp³-hybridized carbons (Fsp3) is 0.172. The molecule has 1 saturated heterocycles. The molecule has 238 valence electrons. The molecule has 2 aliphatic heterocycles. The normalized spacial score (nSPS) is 19.6. The zero-order valence-corrected chi connectivity index (χ0v) is 25.5. The van der Waals surface area contributed by atoms with Crippen LogP contribution in [0.15, 0.2) is 87.5 Å². The highest BCUT2D eigenvalue weighted by Crippen LogP contribution is 2.54. The zero-order valence-electron chi connectivity index (χ0n) is 23.0. The van der Waals surface area contributed by atoms with Crippen molar-refractivity contribution < 1.29 is 40.4 Å². The summed E-state index contributed by atoms with van der Waals surface area (Å²) in [5.41, 5.74) is -1.27. The van der Waals surface area contributed by atoms with Crippen LogP contribution in [-0.2, 0) is 37.1 Å². The number of primary sulfonamides is 1. The Morgan fingerprint density at radius 2 is 1.59 bits per heavy atom. The predicted molar refractivity (Wildman–Crippen MR) is 160 cm³/mol. The van der Waals surface area contributed by atoms with Crippen molar-refractivity contribution in [3.05, 3.63) is 104 Å². The van der Waals surface area contributed by atoms with E-state index in [0.717, 1.165) is 46.7 Å². The number of alkyl halides is 3. The molecule has 3 atom stereocenters. The number of carbonyl (C=O) groups excluding carboxylic acids is 3. The number of sulfonamides is 1. The molecule has 46 heavy (non-hydrogen) atoms. The number of fused-ring (bicyclic) bond motifs is 2. The molecule has 6 rings (SSSR count). The minimum absolute atomic E-state index is 0.164. The van der Waals surface area contributed by atoms with Crippen molar-refractivity contribution in [2.75, 3.05) is 10.2 Å². The van der Waals surface area contributed by atoms with Gasteiger partial charge in [0.25, 0.3) is 0 Å². The molecule has 0 saturated carbocycles. The molecule has 0 aliphatic carbocycles. The zero-order chi connectivity index (χ0) is 33.1. The molecule has 17 heteroatoms. The van der Waals surface area contributed by atoms with E-state index in [-0.39, 0.29) is 15.6 Å². The number of amides is 3. The van der Waals surface area contributed by atoms with Crippen LogP contribution in [0.4, 0.5) is 28.9 Å². The monoisotopic (exact) mass is 692 g/mol. The van der Waals surface area contributed by atoms with Gasteiger partial charge in [-0.25, -0.2) is 22.8 Å². The summed E-state index contributed by atoms with van der Waals surface area (Å²) in [6, 6.07) is 14.1. The van der Waals surface area contributed by atoms with E-state index < -0.39 is 79.5 Å². The van der Waals surface area contributed by atoms with Gasteiger partial charge in [0, 0.05) is 16.5 Å². The lowest BCUT2D eigenvalue weighted by Crippen LogP contribution is -2.33. The first-order chi connectivity index (χ1) is 21.6. The van der Waals surface area contributed by atoms with Crippen molar-refractivity contribution in [2.24, 2.45) is 11.1 Å². The lowest BCUT2D eigenvalue weighted by Gasteiger charge is -2.30. The third-order valence-electron chi connectivity index (χ3n) is 7.50. The summed E-state index contributed by atoms with van der Waals surface area (Å²) >= 11 is 1.50. The number of carbonyl (C=O) groups is 3. The SMILES string of the molecule is NS(=O)(=O)c1ccc(NC(=O)Cn2c3c(sc2=O)[C@H](c2ccc(F)cc2)C2C(=O)N(c4ccccc4C(F)(F)F)C(=O)C2S3)cc1. The standard InChI is InChI=1S/C29H20F4N4O6S3/c30-15-7-5-14(6-8-15)21-22-23(26(40)37(25(22)39)19-4-2-1-3-18(19)29(31,32)33)44-27-24(21)45-28(41)36(27)13-20(38)35-16-9-11-17(12-10-16)46(34,42)43/h1-12,21-23H,13H2,(H,35,38)(H2,34,42,43)/t21-,22?,23?/m1/s1. The lowest BCUT2D eigenvalue weighted by atomic mass is 9.83. The number of halogens is 4. The Labute approximate surface area is 265 Å². The molecule has 1 fully saturated rings. The molecule has 4 aromatic rings. The molecule has 0 spiro atoms. The smallest absolute Gasteiger partial charge is 0.325 e. The second kappa shape index (κ2) is 11.5. The van der Waals surface area contributed by atoms with Crippen LogP contribution in [0.25, 0.3) is 0 Å². The van der Waals surface area contributed by atoms with E-state index in [1.165, 1.54) is 42.5 Å². The van der Waals surface area contributed by atoms with E-state index in [2.05, 4.69) is 5.32 Å². The summed E-state index contributed by atoms with van der Waals surface area (Å²) in [5, 5.41) is 6.52. The summed E-state index contributed by atoms with van der Waals surface area (Å²) in [4.78, 5) is 54.0. The van der Waals surface area contributed by atoms with E-state index in [1.807, 2.05) is 0 Å². The number of thioether (sulfide) groups is 1. The van der Waals surface area contributed by atoms with Crippen molar-refractivity contribution in [1.82, 2.24) is 4.57 Å². The third-order valence-corrected chi connectivity index (χ3v) is 11.0. The number of thiazole rings is 1. The average Bonchev–Trinajstić information content (AvgIpc) is 3.43. The van der Waals surface area contributed by atoms with Crippen molar-refractivity contribution in [3.63, 3.8) is 0 Å². The van der Waals surface area contributed by atoms with E-state index in [0.29, 0.717) is 26.7 Å². The molecule has 0 radical (unpaired) electrons. The summed E-state index contributed by atoms with van der Waals surface area (Å²) in [6.07, 6.45) is -4.88. The van der Waals surface area contributed by atoms with Crippen LogP contribution >= 0.6 is 23.1 Å². The number of benzene rings is 3. The first-order valence-electron chi connectivity index (χ1n) is 13.3. The minimum Gasteiger partial charge on any atom is -0.325 e. The fourth-order valence-electron chi connectivity index (χ4n) is 5.50. The number of hydrogen-bond donors (Lipinski definition) is 2. The summed E-state index contributed by atoms with van der Waals surface area (Å²) < 4.78 is 79.8.